The van der Waals surface area contributed by atoms with Gasteiger partial charge in [0, 0.05) is 0 Å². The fourth-order valence-electron chi connectivity index (χ4n) is 0.695. The minimum absolute atomic E-state index is 0.616. The fourth-order valence-corrected chi connectivity index (χ4v) is 0.695. The summed E-state index contributed by atoms with van der Waals surface area (Å²) in [6, 6.07) is 0. The summed E-state index contributed by atoms with van der Waals surface area (Å²) in [4.78, 5) is 0. The lowest BCUT2D eigenvalue weighted by Gasteiger charge is -1.89. The Labute approximate surface area is 38.9 Å². The molecule has 0 amide bonds. The Kier molecular flexibility index (Phi) is 0.952. The summed E-state index contributed by atoms with van der Waals surface area (Å²) in [5.74, 6) is 0.616. The molecule has 0 fully saturated rings. The third-order valence-corrected chi connectivity index (χ3v) is 1.11. The van der Waals surface area contributed by atoms with Crippen LogP contribution in [0.1, 0.15) is 12.8 Å². The molecule has 1 unspecified atom stereocenters. The molecule has 0 aromatic carbocycles. The second kappa shape index (κ2) is 1.46. The van der Waals surface area contributed by atoms with Crippen molar-refractivity contribution in [3.8, 4) is 0 Å². The molecule has 0 aromatic heterocycles. The summed E-state index contributed by atoms with van der Waals surface area (Å²) in [7, 11) is 0. The number of hydrogen-bond donors (Lipinski definition) is 0. The van der Waals surface area contributed by atoms with Crippen molar-refractivity contribution < 1.29 is 0 Å². The first-order valence-corrected chi connectivity index (χ1v) is 2.39. The number of rotatable bonds is 0. The van der Waals surface area contributed by atoms with Gasteiger partial charge in [0.1, 0.15) is 0 Å². The molecule has 1 rings (SSSR count). The molecule has 1 aliphatic rings. The molecule has 0 saturated heterocycles. The Balaban J connectivity index is 2.38. The Hall–Kier alpha value is -0.260. The van der Waals surface area contributed by atoms with Crippen molar-refractivity contribution in [2.24, 2.45) is 5.92 Å². The second-order valence-electron chi connectivity index (χ2n) is 1.77. The van der Waals surface area contributed by atoms with Crippen LogP contribution in [0.15, 0.2) is 12.2 Å². The molecule has 0 saturated carbocycles. The molecule has 0 aromatic rings. The maximum absolute atomic E-state index is 3.85. The molecule has 0 N–H and O–H groups in total. The lowest BCUT2D eigenvalue weighted by atomic mass is 10.2. The fraction of sp³-hybridized carbons (Fsp3) is 0.500. The van der Waals surface area contributed by atoms with Gasteiger partial charge in [-0.3, -0.25) is 0 Å². The quantitative estimate of drug-likeness (QED) is 0.390. The first kappa shape index (κ1) is 3.91. The maximum Gasteiger partial charge on any atom is -0.0230 e. The largest absolute Gasteiger partial charge is 0.0882 e. The van der Waals surface area contributed by atoms with Crippen LogP contribution in [0.2, 0.25) is 0 Å². The Bertz CT molecular complexity index is 62.4. The second-order valence-corrected chi connectivity index (χ2v) is 1.77. The van der Waals surface area contributed by atoms with Gasteiger partial charge < -0.3 is 0 Å². The molecular weight excluding hydrogens is 72.1 g/mol. The van der Waals surface area contributed by atoms with E-state index in [-0.39, 0.29) is 0 Å². The van der Waals surface area contributed by atoms with Gasteiger partial charge in [-0.15, -0.1) is 0 Å². The van der Waals surface area contributed by atoms with E-state index in [0.717, 1.165) is 0 Å². The predicted molar refractivity (Wildman–Crippen MR) is 27.2 cm³/mol. The summed E-state index contributed by atoms with van der Waals surface area (Å²) in [5, 5.41) is 0. The van der Waals surface area contributed by atoms with Crippen molar-refractivity contribution in [3.63, 3.8) is 0 Å². The zero-order valence-electron chi connectivity index (χ0n) is 3.85. The van der Waals surface area contributed by atoms with Crippen molar-refractivity contribution in [1.82, 2.24) is 0 Å². The normalized spacial score (nSPS) is 31.8. The molecule has 0 nitrogen and oxygen atoms in total. The lowest BCUT2D eigenvalue weighted by Crippen LogP contribution is -1.77. The third-order valence-electron chi connectivity index (χ3n) is 1.11. The zero-order chi connectivity index (χ0) is 4.41. The molecule has 33 valence electrons. The molecule has 0 bridgehead atoms. The van der Waals surface area contributed by atoms with Crippen LogP contribution in [0.4, 0.5) is 0 Å². The summed E-state index contributed by atoms with van der Waals surface area (Å²) < 4.78 is 0. The highest BCUT2D eigenvalue weighted by Gasteiger charge is 1.99. The van der Waals surface area contributed by atoms with E-state index in [1.165, 1.54) is 12.8 Å². The molecular formula is C6H9. The van der Waals surface area contributed by atoms with Gasteiger partial charge in [-0.1, -0.05) is 12.2 Å². The Morgan fingerprint density at radius 2 is 2.50 bits per heavy atom. The monoisotopic (exact) mass is 81.1 g/mol. The van der Waals surface area contributed by atoms with Gasteiger partial charge in [0.2, 0.25) is 0 Å². The van der Waals surface area contributed by atoms with Gasteiger partial charge in [-0.05, 0) is 25.7 Å². The van der Waals surface area contributed by atoms with Gasteiger partial charge in [0.05, 0.1) is 0 Å². The van der Waals surface area contributed by atoms with E-state index >= 15 is 0 Å². The van der Waals surface area contributed by atoms with E-state index in [4.69, 9.17) is 0 Å². The maximum atomic E-state index is 3.85. The average molecular weight is 81.1 g/mol. The smallest absolute Gasteiger partial charge is 0.0230 e. The molecule has 1 radical (unpaired) electrons. The van der Waals surface area contributed by atoms with E-state index in [1.54, 1.807) is 0 Å². The van der Waals surface area contributed by atoms with Gasteiger partial charge >= 0.3 is 0 Å². The van der Waals surface area contributed by atoms with E-state index < -0.39 is 0 Å². The average Bonchev–Trinajstić information content (AvgIpc) is 1.86. The number of allylic oxidation sites excluding steroid dienone is 2. The SMILES string of the molecule is [CH2]C1C=CCC1. The standard InChI is InChI=1S/C6H9/c1-6-4-2-3-5-6/h2,4,6H,1,3,5H2. The van der Waals surface area contributed by atoms with Crippen LogP contribution in [0.3, 0.4) is 0 Å². The van der Waals surface area contributed by atoms with Crippen molar-refractivity contribution in [2.75, 3.05) is 0 Å². The Morgan fingerprint density at radius 1 is 1.67 bits per heavy atom. The van der Waals surface area contributed by atoms with E-state index in [1.807, 2.05) is 0 Å². The van der Waals surface area contributed by atoms with Crippen molar-refractivity contribution in [3.05, 3.63) is 19.1 Å². The minimum Gasteiger partial charge on any atom is -0.0882 e. The van der Waals surface area contributed by atoms with Crippen LogP contribution in [-0.4, -0.2) is 0 Å². The first-order valence-electron chi connectivity index (χ1n) is 2.39. The van der Waals surface area contributed by atoms with E-state index in [9.17, 15) is 0 Å². The first-order chi connectivity index (χ1) is 2.89. The van der Waals surface area contributed by atoms with Crippen LogP contribution in [0.25, 0.3) is 0 Å². The Morgan fingerprint density at radius 3 is 2.67 bits per heavy atom. The van der Waals surface area contributed by atoms with Crippen LogP contribution in [0.5, 0.6) is 0 Å². The third kappa shape index (κ3) is 0.618. The predicted octanol–water partition coefficient (Wildman–Crippen LogP) is 1.79. The van der Waals surface area contributed by atoms with Gasteiger partial charge in [-0.25, -0.2) is 0 Å². The van der Waals surface area contributed by atoms with Crippen molar-refractivity contribution in [2.45, 2.75) is 12.8 Å². The minimum atomic E-state index is 0.616. The topological polar surface area (TPSA) is 0 Å². The highest BCUT2D eigenvalue weighted by Crippen LogP contribution is 2.13. The molecule has 1 aliphatic carbocycles. The molecule has 0 aliphatic heterocycles. The van der Waals surface area contributed by atoms with Crippen molar-refractivity contribution >= 4 is 0 Å². The summed E-state index contributed by atoms with van der Waals surface area (Å²) in [6.07, 6.45) is 6.87. The van der Waals surface area contributed by atoms with Gasteiger partial charge in [0.15, 0.2) is 0 Å². The summed E-state index contributed by atoms with van der Waals surface area (Å²) in [5.41, 5.74) is 0. The van der Waals surface area contributed by atoms with Crippen LogP contribution in [0, 0.1) is 12.8 Å². The molecule has 0 heteroatoms. The summed E-state index contributed by atoms with van der Waals surface area (Å²) in [6.45, 7) is 3.85. The van der Waals surface area contributed by atoms with Gasteiger partial charge in [0.25, 0.3) is 0 Å². The van der Waals surface area contributed by atoms with Gasteiger partial charge in [-0.2, -0.15) is 0 Å². The van der Waals surface area contributed by atoms with E-state index in [2.05, 4.69) is 19.1 Å². The highest BCUT2D eigenvalue weighted by atomic mass is 14.0. The van der Waals surface area contributed by atoms with Crippen LogP contribution >= 0.6 is 0 Å². The summed E-state index contributed by atoms with van der Waals surface area (Å²) >= 11 is 0. The molecule has 6 heavy (non-hydrogen) atoms. The highest BCUT2D eigenvalue weighted by molar-refractivity contribution is 4.96. The van der Waals surface area contributed by atoms with Crippen LogP contribution in [-0.2, 0) is 0 Å². The lowest BCUT2D eigenvalue weighted by molar-refractivity contribution is 0.769. The molecule has 0 heterocycles. The van der Waals surface area contributed by atoms with Crippen molar-refractivity contribution in [1.29, 1.82) is 0 Å². The number of hydrogen-bond acceptors (Lipinski definition) is 0. The zero-order valence-corrected chi connectivity index (χ0v) is 3.85. The van der Waals surface area contributed by atoms with E-state index in [0.29, 0.717) is 5.92 Å². The molecule has 1 atom stereocenters. The van der Waals surface area contributed by atoms with Crippen LogP contribution < -0.4 is 0 Å². The molecule has 0 spiro atoms.